The third-order valence-corrected chi connectivity index (χ3v) is 10.5. The number of halogens is 3. The Balaban J connectivity index is 1.66. The predicted molar refractivity (Wildman–Crippen MR) is 162 cm³/mol. The number of benzene rings is 1. The van der Waals surface area contributed by atoms with Gasteiger partial charge in [0.15, 0.2) is 15.5 Å². The van der Waals surface area contributed by atoms with Gasteiger partial charge < -0.3 is 9.80 Å². The minimum Gasteiger partial charge on any atom is -0.350 e. The van der Waals surface area contributed by atoms with Crippen LogP contribution >= 0.6 is 11.6 Å². The number of carbonyl (C=O) groups excluding carboxylic acids is 1. The smallest absolute Gasteiger partial charge is 0.350 e. The zero-order valence-corrected chi connectivity index (χ0v) is 25.4. The maximum atomic E-state index is 15.0. The Bertz CT molecular complexity index is 2010. The highest BCUT2D eigenvalue weighted by Gasteiger charge is 2.40. The number of carbonyl (C=O) groups is 1. The van der Waals surface area contributed by atoms with Gasteiger partial charge in [0.1, 0.15) is 17.5 Å². The fourth-order valence-corrected chi connectivity index (χ4v) is 7.74. The van der Waals surface area contributed by atoms with E-state index in [0.717, 1.165) is 16.7 Å². The number of rotatable bonds is 6. The van der Waals surface area contributed by atoms with Crippen LogP contribution in [0.25, 0.3) is 28.0 Å². The first kappa shape index (κ1) is 29.8. The lowest BCUT2D eigenvalue weighted by Gasteiger charge is -2.40. The molecule has 1 saturated heterocycles. The average Bonchev–Trinajstić information content (AvgIpc) is 3.84. The molecule has 0 radical (unpaired) electrons. The molecule has 4 heterocycles. The number of pyridine rings is 2. The van der Waals surface area contributed by atoms with Crippen LogP contribution in [0.4, 0.5) is 14.6 Å². The molecule has 1 aliphatic carbocycles. The van der Waals surface area contributed by atoms with E-state index < -0.39 is 38.0 Å². The quantitative estimate of drug-likeness (QED) is 0.287. The van der Waals surface area contributed by atoms with Crippen molar-refractivity contribution in [3.63, 3.8) is 0 Å². The van der Waals surface area contributed by atoms with Gasteiger partial charge in [-0.2, -0.15) is 4.98 Å². The van der Waals surface area contributed by atoms with Gasteiger partial charge in [-0.05, 0) is 57.0 Å². The number of hydrogen-bond donors (Lipinski definition) is 0. The van der Waals surface area contributed by atoms with Crippen LogP contribution < -0.4 is 10.6 Å². The summed E-state index contributed by atoms with van der Waals surface area (Å²) in [5.41, 5.74) is -1.59. The van der Waals surface area contributed by atoms with Crippen molar-refractivity contribution in [3.05, 3.63) is 82.0 Å². The van der Waals surface area contributed by atoms with Crippen molar-refractivity contribution in [2.45, 2.75) is 42.9 Å². The number of nitrogens with zero attached hydrogens (tertiary/aromatic N) is 6. The van der Waals surface area contributed by atoms with Gasteiger partial charge in [0.25, 0.3) is 0 Å². The molecule has 0 spiro atoms. The van der Waals surface area contributed by atoms with Gasteiger partial charge in [-0.1, -0.05) is 24.2 Å². The molecule has 1 aliphatic heterocycles. The number of aromatic nitrogens is 4. The van der Waals surface area contributed by atoms with Crippen LogP contribution in [-0.4, -0.2) is 69.7 Å². The molecule has 10 nitrogen and oxygen atoms in total. The zero-order chi connectivity index (χ0) is 31.5. The van der Waals surface area contributed by atoms with Crippen molar-refractivity contribution < 1.29 is 22.0 Å². The number of fused-ring (bicyclic) bond motifs is 1. The molecule has 2 fully saturated rings. The maximum Gasteiger partial charge on any atom is 0.355 e. The van der Waals surface area contributed by atoms with E-state index >= 15 is 0 Å². The molecule has 0 unspecified atom stereocenters. The third kappa shape index (κ3) is 4.93. The lowest BCUT2D eigenvalue weighted by Crippen LogP contribution is -2.54. The molecule has 228 valence electrons. The highest BCUT2D eigenvalue weighted by atomic mass is 35.5. The summed E-state index contributed by atoms with van der Waals surface area (Å²) in [6.07, 6.45) is 3.55. The summed E-state index contributed by atoms with van der Waals surface area (Å²) in [6, 6.07) is 5.75. The van der Waals surface area contributed by atoms with E-state index in [9.17, 15) is 26.8 Å². The van der Waals surface area contributed by atoms with Crippen molar-refractivity contribution in [1.29, 1.82) is 0 Å². The minimum absolute atomic E-state index is 0.0438. The van der Waals surface area contributed by atoms with Crippen LogP contribution in [0.3, 0.4) is 0 Å². The molecule has 1 atom stereocenters. The normalized spacial score (nSPS) is 17.2. The zero-order valence-electron chi connectivity index (χ0n) is 23.8. The van der Waals surface area contributed by atoms with Crippen LogP contribution in [0.1, 0.15) is 25.5 Å². The predicted octanol–water partition coefficient (Wildman–Crippen LogP) is 4.24. The molecule has 0 bridgehead atoms. The summed E-state index contributed by atoms with van der Waals surface area (Å²) in [6.45, 7) is 7.86. The Morgan fingerprint density at radius 2 is 1.84 bits per heavy atom. The molecule has 3 aromatic heterocycles. The largest absolute Gasteiger partial charge is 0.355 e. The molecule has 14 heteroatoms. The molecule has 0 N–H and O–H groups in total. The number of aryl methyl sites for hydroxylation is 1. The fourth-order valence-electron chi connectivity index (χ4n) is 5.62. The van der Waals surface area contributed by atoms with Crippen LogP contribution in [-0.2, 0) is 14.6 Å². The molecule has 4 aromatic rings. The van der Waals surface area contributed by atoms with Gasteiger partial charge in [-0.15, -0.1) is 0 Å². The number of anilines is 1. The lowest BCUT2D eigenvalue weighted by molar-refractivity contribution is -0.126. The monoisotopic (exact) mass is 640 g/mol. The molecular formula is C30H27ClF2N6O4S. The van der Waals surface area contributed by atoms with E-state index in [-0.39, 0.29) is 55.8 Å². The van der Waals surface area contributed by atoms with Crippen LogP contribution in [0.5, 0.6) is 0 Å². The average molecular weight is 641 g/mol. The molecule has 2 aliphatic rings. The highest BCUT2D eigenvalue weighted by molar-refractivity contribution is 7.92. The van der Waals surface area contributed by atoms with E-state index in [1.807, 2.05) is 11.8 Å². The molecule has 6 rings (SSSR count). The first-order valence-electron chi connectivity index (χ1n) is 13.9. The Labute approximate surface area is 256 Å². The maximum absolute atomic E-state index is 15.0. The van der Waals surface area contributed by atoms with Crippen LogP contribution in [0.2, 0.25) is 5.02 Å². The summed E-state index contributed by atoms with van der Waals surface area (Å²) < 4.78 is 58.1. The van der Waals surface area contributed by atoms with Crippen molar-refractivity contribution >= 4 is 44.2 Å². The molecule has 44 heavy (non-hydrogen) atoms. The summed E-state index contributed by atoms with van der Waals surface area (Å²) in [7, 11) is -3.85. The number of hydrogen-bond acceptors (Lipinski definition) is 8. The molecular weight excluding hydrogens is 614 g/mol. The highest BCUT2D eigenvalue weighted by Crippen LogP contribution is 2.39. The number of piperazine rings is 1. The van der Waals surface area contributed by atoms with Crippen molar-refractivity contribution in [2.24, 2.45) is 0 Å². The Morgan fingerprint density at radius 1 is 1.14 bits per heavy atom. The first-order valence-corrected chi connectivity index (χ1v) is 15.8. The summed E-state index contributed by atoms with van der Waals surface area (Å²) in [5.74, 6) is -1.90. The van der Waals surface area contributed by atoms with E-state index in [2.05, 4.69) is 21.5 Å². The minimum atomic E-state index is -3.85. The lowest BCUT2D eigenvalue weighted by atomic mass is 10.1. The van der Waals surface area contributed by atoms with Gasteiger partial charge in [0.2, 0.25) is 5.91 Å². The van der Waals surface area contributed by atoms with Gasteiger partial charge >= 0.3 is 5.69 Å². The summed E-state index contributed by atoms with van der Waals surface area (Å²) >= 11 is 6.63. The Morgan fingerprint density at radius 3 is 2.48 bits per heavy atom. The fraction of sp³-hybridized carbons (Fsp3) is 0.300. The van der Waals surface area contributed by atoms with Crippen LogP contribution in [0, 0.1) is 18.6 Å². The number of amides is 1. The van der Waals surface area contributed by atoms with Gasteiger partial charge in [-0.25, -0.2) is 31.5 Å². The van der Waals surface area contributed by atoms with E-state index in [1.165, 1.54) is 30.5 Å². The van der Waals surface area contributed by atoms with E-state index in [0.29, 0.717) is 32.5 Å². The molecule has 1 aromatic carbocycles. The standard InChI is InChI=1S/C30H27ClF2N6O4S/c1-4-24(40)37-12-13-38(16(2)15-37)28-19-14-20(31)26(25-21(32)6-5-7-22(25)33)35-29(19)39(30(41)36-28)27-17(3)34-11-10-23(27)44(42,43)18-8-9-18/h4-7,10-11,14,16,18H,1,8-9,12-13,15H2,2-3H3/t16-/m0/s1. The van der Waals surface area contributed by atoms with E-state index in [4.69, 9.17) is 11.6 Å². The third-order valence-electron chi connectivity index (χ3n) is 7.95. The van der Waals surface area contributed by atoms with Crippen molar-refractivity contribution in [1.82, 2.24) is 24.4 Å². The second-order valence-corrected chi connectivity index (χ2v) is 13.5. The van der Waals surface area contributed by atoms with Gasteiger partial charge in [0.05, 0.1) is 43.2 Å². The van der Waals surface area contributed by atoms with Gasteiger partial charge in [-0.3, -0.25) is 9.78 Å². The first-order chi connectivity index (χ1) is 20.9. The van der Waals surface area contributed by atoms with E-state index in [1.54, 1.807) is 11.8 Å². The molecule has 1 saturated carbocycles. The van der Waals surface area contributed by atoms with Crippen molar-refractivity contribution in [2.75, 3.05) is 24.5 Å². The van der Waals surface area contributed by atoms with Crippen LogP contribution in [0.15, 0.2) is 58.9 Å². The summed E-state index contributed by atoms with van der Waals surface area (Å²) in [4.78, 5) is 42.8. The topological polar surface area (TPSA) is 118 Å². The second-order valence-electron chi connectivity index (χ2n) is 10.9. The Hall–Kier alpha value is -4.23. The summed E-state index contributed by atoms with van der Waals surface area (Å²) in [5, 5.41) is -0.474. The SMILES string of the molecule is C=CC(=O)N1CCN(c2nc(=O)n(-c3c(S(=O)(=O)C4CC4)ccnc3C)c3nc(-c4c(F)cccc4F)c(Cl)cc23)[C@@H](C)C1. The second kappa shape index (κ2) is 11.0. The van der Waals surface area contributed by atoms with Crippen molar-refractivity contribution in [3.8, 4) is 16.9 Å². The van der Waals surface area contributed by atoms with Gasteiger partial charge in [0, 0.05) is 31.9 Å². The molecule has 1 amide bonds. The Kier molecular flexibility index (Phi) is 7.49. The number of sulfone groups is 1.